The lowest BCUT2D eigenvalue weighted by Crippen LogP contribution is -2.31. The van der Waals surface area contributed by atoms with Crippen LogP contribution >= 0.6 is 0 Å². The SMILES string of the molecule is CC(C)COCCC(=O)NS(=O)(=O)c1ccc(C#N)c(C(F)(F)F)c1. The van der Waals surface area contributed by atoms with Crippen LogP contribution < -0.4 is 4.72 Å². The summed E-state index contributed by atoms with van der Waals surface area (Å²) >= 11 is 0. The van der Waals surface area contributed by atoms with E-state index in [9.17, 15) is 26.4 Å². The molecule has 1 aromatic carbocycles. The zero-order valence-electron chi connectivity index (χ0n) is 13.6. The normalized spacial score (nSPS) is 12.0. The first-order valence-corrected chi connectivity index (χ1v) is 8.70. The van der Waals surface area contributed by atoms with Gasteiger partial charge in [-0.1, -0.05) is 13.8 Å². The number of halogens is 3. The maximum atomic E-state index is 12.9. The number of carbonyl (C=O) groups excluding carboxylic acids is 1. The van der Waals surface area contributed by atoms with Gasteiger partial charge in [0.05, 0.1) is 35.1 Å². The fraction of sp³-hybridized carbons (Fsp3) is 0.467. The number of benzene rings is 1. The molecule has 0 atom stereocenters. The molecule has 0 fully saturated rings. The van der Waals surface area contributed by atoms with E-state index in [1.54, 1.807) is 4.72 Å². The molecule has 0 spiro atoms. The van der Waals surface area contributed by atoms with Gasteiger partial charge in [0.2, 0.25) is 5.91 Å². The fourth-order valence-electron chi connectivity index (χ4n) is 1.77. The molecule has 0 aromatic heterocycles. The van der Waals surface area contributed by atoms with Crippen LogP contribution in [0.5, 0.6) is 0 Å². The molecule has 10 heteroatoms. The summed E-state index contributed by atoms with van der Waals surface area (Å²) < 4.78 is 69.6. The molecule has 0 aliphatic rings. The first kappa shape index (κ1) is 20.9. The summed E-state index contributed by atoms with van der Waals surface area (Å²) in [5, 5.41) is 8.70. The minimum absolute atomic E-state index is 0.0132. The quantitative estimate of drug-likeness (QED) is 0.735. The summed E-state index contributed by atoms with van der Waals surface area (Å²) in [7, 11) is -4.49. The fourth-order valence-corrected chi connectivity index (χ4v) is 2.81. The third-order valence-corrected chi connectivity index (χ3v) is 4.27. The zero-order valence-corrected chi connectivity index (χ0v) is 14.4. The maximum absolute atomic E-state index is 12.9. The van der Waals surface area contributed by atoms with Gasteiger partial charge in [0, 0.05) is 6.61 Å². The number of hydrogen-bond acceptors (Lipinski definition) is 5. The number of nitrogens with zero attached hydrogens (tertiary/aromatic N) is 1. The van der Waals surface area contributed by atoms with Crippen LogP contribution in [0.25, 0.3) is 0 Å². The molecule has 1 amide bonds. The van der Waals surface area contributed by atoms with Gasteiger partial charge in [0.15, 0.2) is 0 Å². The highest BCUT2D eigenvalue weighted by atomic mass is 32.2. The Balaban J connectivity index is 2.89. The van der Waals surface area contributed by atoms with Crippen molar-refractivity contribution in [2.45, 2.75) is 31.3 Å². The molecule has 25 heavy (non-hydrogen) atoms. The molecule has 0 radical (unpaired) electrons. The number of ether oxygens (including phenoxy) is 1. The van der Waals surface area contributed by atoms with Crippen molar-refractivity contribution >= 4 is 15.9 Å². The van der Waals surface area contributed by atoms with E-state index in [-0.39, 0.29) is 18.9 Å². The van der Waals surface area contributed by atoms with Gasteiger partial charge in [0.1, 0.15) is 0 Å². The number of carbonyl (C=O) groups is 1. The average molecular weight is 378 g/mol. The monoisotopic (exact) mass is 378 g/mol. The maximum Gasteiger partial charge on any atom is 0.417 e. The number of alkyl halides is 3. The summed E-state index contributed by atoms with van der Waals surface area (Å²) in [6, 6.07) is 3.24. The van der Waals surface area contributed by atoms with Crippen molar-refractivity contribution in [2.24, 2.45) is 5.92 Å². The van der Waals surface area contributed by atoms with Gasteiger partial charge in [0.25, 0.3) is 10.0 Å². The third kappa shape index (κ3) is 6.36. The molecule has 0 unspecified atom stereocenters. The number of nitriles is 1. The van der Waals surface area contributed by atoms with Gasteiger partial charge in [-0.2, -0.15) is 18.4 Å². The van der Waals surface area contributed by atoms with E-state index in [1.807, 2.05) is 13.8 Å². The molecular formula is C15H17F3N2O4S. The predicted octanol–water partition coefficient (Wildman–Crippen LogP) is 2.44. The van der Waals surface area contributed by atoms with E-state index in [1.165, 1.54) is 6.07 Å². The Morgan fingerprint density at radius 2 is 2.00 bits per heavy atom. The molecular weight excluding hydrogens is 361 g/mol. The second-order valence-electron chi connectivity index (χ2n) is 5.56. The zero-order chi connectivity index (χ0) is 19.3. The Morgan fingerprint density at radius 3 is 2.52 bits per heavy atom. The highest BCUT2D eigenvalue weighted by Crippen LogP contribution is 2.33. The van der Waals surface area contributed by atoms with E-state index in [2.05, 4.69) is 0 Å². The smallest absolute Gasteiger partial charge is 0.381 e. The van der Waals surface area contributed by atoms with Crippen LogP contribution in [-0.4, -0.2) is 27.5 Å². The lowest BCUT2D eigenvalue weighted by molar-refractivity contribution is -0.137. The van der Waals surface area contributed by atoms with Gasteiger partial charge in [-0.05, 0) is 24.1 Å². The summed E-state index contributed by atoms with van der Waals surface area (Å²) in [6.45, 7) is 4.17. The molecule has 138 valence electrons. The largest absolute Gasteiger partial charge is 0.417 e. The molecule has 1 aromatic rings. The first-order chi connectivity index (χ1) is 11.5. The van der Waals surface area contributed by atoms with Crippen molar-refractivity contribution in [3.63, 3.8) is 0 Å². The first-order valence-electron chi connectivity index (χ1n) is 7.22. The van der Waals surface area contributed by atoms with Crippen molar-refractivity contribution in [1.29, 1.82) is 5.26 Å². The Bertz CT molecular complexity index is 768. The topological polar surface area (TPSA) is 96.3 Å². The van der Waals surface area contributed by atoms with E-state index < -0.39 is 38.1 Å². The minimum atomic E-state index is -4.90. The number of amides is 1. The molecule has 0 bridgehead atoms. The summed E-state index contributed by atoms with van der Waals surface area (Å²) in [5.74, 6) is -0.659. The summed E-state index contributed by atoms with van der Waals surface area (Å²) in [4.78, 5) is 10.9. The second kappa shape index (κ2) is 8.31. The molecule has 6 nitrogen and oxygen atoms in total. The molecule has 0 saturated carbocycles. The number of rotatable bonds is 7. The minimum Gasteiger partial charge on any atom is -0.381 e. The molecule has 0 aliphatic carbocycles. The Labute approximate surface area is 143 Å². The molecule has 1 N–H and O–H groups in total. The van der Waals surface area contributed by atoms with Crippen LogP contribution in [0.15, 0.2) is 23.1 Å². The van der Waals surface area contributed by atoms with Crippen LogP contribution in [0.3, 0.4) is 0 Å². The highest BCUT2D eigenvalue weighted by molar-refractivity contribution is 7.90. The molecule has 0 saturated heterocycles. The van der Waals surface area contributed by atoms with Crippen LogP contribution in [0.4, 0.5) is 13.2 Å². The molecule has 0 aliphatic heterocycles. The standard InChI is InChI=1S/C15H17F3N2O4S/c1-10(2)9-24-6-5-14(21)20-25(22,23)12-4-3-11(8-19)13(7-12)15(16,17)18/h3-4,7,10H,5-6,9H2,1-2H3,(H,20,21). The van der Waals surface area contributed by atoms with Gasteiger partial charge >= 0.3 is 6.18 Å². The van der Waals surface area contributed by atoms with Crippen LogP contribution in [0.1, 0.15) is 31.4 Å². The molecule has 1 rings (SSSR count). The Morgan fingerprint density at radius 1 is 1.36 bits per heavy atom. The van der Waals surface area contributed by atoms with E-state index >= 15 is 0 Å². The number of nitrogens with one attached hydrogen (secondary N) is 1. The van der Waals surface area contributed by atoms with Gasteiger partial charge in [-0.15, -0.1) is 0 Å². The van der Waals surface area contributed by atoms with Gasteiger partial charge in [-0.3, -0.25) is 4.79 Å². The van der Waals surface area contributed by atoms with Gasteiger partial charge in [-0.25, -0.2) is 13.1 Å². The van der Waals surface area contributed by atoms with E-state index in [4.69, 9.17) is 10.00 Å². The second-order valence-corrected chi connectivity index (χ2v) is 7.25. The van der Waals surface area contributed by atoms with Crippen molar-refractivity contribution < 1.29 is 31.1 Å². The summed E-state index contributed by atoms with van der Waals surface area (Å²) in [5.41, 5.74) is -2.09. The van der Waals surface area contributed by atoms with Crippen molar-refractivity contribution in [1.82, 2.24) is 4.72 Å². The Kier molecular flexibility index (Phi) is 6.96. The lowest BCUT2D eigenvalue weighted by atomic mass is 10.1. The predicted molar refractivity (Wildman–Crippen MR) is 81.8 cm³/mol. The average Bonchev–Trinajstić information content (AvgIpc) is 2.49. The number of sulfonamides is 1. The van der Waals surface area contributed by atoms with Crippen molar-refractivity contribution in [3.05, 3.63) is 29.3 Å². The van der Waals surface area contributed by atoms with Crippen molar-refractivity contribution in [3.8, 4) is 6.07 Å². The highest BCUT2D eigenvalue weighted by Gasteiger charge is 2.35. The van der Waals surface area contributed by atoms with E-state index in [0.29, 0.717) is 12.7 Å². The lowest BCUT2D eigenvalue weighted by Gasteiger charge is -2.12. The van der Waals surface area contributed by atoms with Crippen LogP contribution in [-0.2, 0) is 25.7 Å². The third-order valence-electron chi connectivity index (χ3n) is 2.90. The van der Waals surface area contributed by atoms with Crippen molar-refractivity contribution in [2.75, 3.05) is 13.2 Å². The summed E-state index contributed by atoms with van der Waals surface area (Å²) in [6.07, 6.45) is -5.15. The number of hydrogen-bond donors (Lipinski definition) is 1. The Hall–Kier alpha value is -2.12. The van der Waals surface area contributed by atoms with Crippen LogP contribution in [0.2, 0.25) is 0 Å². The van der Waals surface area contributed by atoms with Crippen LogP contribution in [0, 0.1) is 17.2 Å². The molecule has 0 heterocycles. The van der Waals surface area contributed by atoms with E-state index in [0.717, 1.165) is 12.1 Å². The van der Waals surface area contributed by atoms with Gasteiger partial charge < -0.3 is 4.74 Å².